The summed E-state index contributed by atoms with van der Waals surface area (Å²) in [7, 11) is -2.66. The Morgan fingerprint density at radius 2 is 1.39 bits per heavy atom. The van der Waals surface area contributed by atoms with Crippen molar-refractivity contribution < 1.29 is 13.2 Å². The SMILES string of the molecule is CC(C)(C)[Si](OCc1ncc(-c2ccc(F)cc2)o1)(c1ccccc1)c1ccccc1. The molecule has 0 aliphatic heterocycles. The van der Waals surface area contributed by atoms with Gasteiger partial charge in [0.1, 0.15) is 12.4 Å². The Hall–Kier alpha value is -3.02. The van der Waals surface area contributed by atoms with Gasteiger partial charge in [-0.3, -0.25) is 0 Å². The lowest BCUT2D eigenvalue weighted by Crippen LogP contribution is -2.66. The minimum absolute atomic E-state index is 0.123. The first kappa shape index (κ1) is 21.2. The molecule has 0 N–H and O–H groups in total. The summed E-state index contributed by atoms with van der Waals surface area (Å²) in [5.41, 5.74) is 0.783. The first-order valence-corrected chi connectivity index (χ1v) is 12.3. The van der Waals surface area contributed by atoms with Gasteiger partial charge in [0.2, 0.25) is 5.89 Å². The lowest BCUT2D eigenvalue weighted by Gasteiger charge is -2.42. The van der Waals surface area contributed by atoms with E-state index in [-0.39, 0.29) is 17.5 Å². The van der Waals surface area contributed by atoms with Crippen molar-refractivity contribution in [2.45, 2.75) is 32.4 Å². The fraction of sp³-hybridized carbons (Fsp3) is 0.192. The van der Waals surface area contributed by atoms with Gasteiger partial charge in [-0.25, -0.2) is 9.37 Å². The molecule has 0 bridgehead atoms. The van der Waals surface area contributed by atoms with E-state index in [4.69, 9.17) is 8.84 Å². The summed E-state index contributed by atoms with van der Waals surface area (Å²) in [6.45, 7) is 6.96. The van der Waals surface area contributed by atoms with Gasteiger partial charge in [0.25, 0.3) is 8.32 Å². The Kier molecular flexibility index (Phi) is 5.89. The van der Waals surface area contributed by atoms with Crippen LogP contribution in [0.3, 0.4) is 0 Å². The van der Waals surface area contributed by atoms with Crippen LogP contribution in [0.1, 0.15) is 26.7 Å². The number of hydrogen-bond acceptors (Lipinski definition) is 3. The second-order valence-corrected chi connectivity index (χ2v) is 12.9. The molecule has 0 spiro atoms. The van der Waals surface area contributed by atoms with Crippen molar-refractivity contribution in [2.75, 3.05) is 0 Å². The predicted octanol–water partition coefficient (Wildman–Crippen LogP) is 5.56. The fourth-order valence-corrected chi connectivity index (χ4v) is 8.55. The molecule has 158 valence electrons. The van der Waals surface area contributed by atoms with Gasteiger partial charge in [0.05, 0.1) is 6.20 Å². The number of aromatic nitrogens is 1. The van der Waals surface area contributed by atoms with Crippen molar-refractivity contribution in [1.82, 2.24) is 4.98 Å². The molecule has 0 unspecified atom stereocenters. The number of benzene rings is 3. The summed E-state index contributed by atoms with van der Waals surface area (Å²) >= 11 is 0. The highest BCUT2D eigenvalue weighted by Crippen LogP contribution is 2.37. The first-order valence-electron chi connectivity index (χ1n) is 10.4. The van der Waals surface area contributed by atoms with Crippen LogP contribution in [0, 0.1) is 5.82 Å². The second-order valence-electron chi connectivity index (χ2n) is 8.58. The lowest BCUT2D eigenvalue weighted by atomic mass is 10.2. The highest BCUT2D eigenvalue weighted by Gasteiger charge is 2.50. The zero-order valence-corrected chi connectivity index (χ0v) is 19.0. The molecule has 0 fully saturated rings. The molecular weight excluding hydrogens is 405 g/mol. The third-order valence-electron chi connectivity index (χ3n) is 5.51. The Bertz CT molecular complexity index is 1080. The summed E-state index contributed by atoms with van der Waals surface area (Å²) in [5, 5.41) is 2.29. The van der Waals surface area contributed by atoms with E-state index in [0.717, 1.165) is 5.56 Å². The van der Waals surface area contributed by atoms with Gasteiger partial charge < -0.3 is 8.84 Å². The largest absolute Gasteiger partial charge is 0.438 e. The summed E-state index contributed by atoms with van der Waals surface area (Å²) in [4.78, 5) is 4.42. The van der Waals surface area contributed by atoms with E-state index in [1.165, 1.54) is 22.5 Å². The molecular formula is C26H26FNO2Si. The van der Waals surface area contributed by atoms with Crippen LogP contribution in [-0.4, -0.2) is 13.3 Å². The molecule has 0 amide bonds. The van der Waals surface area contributed by atoms with Gasteiger partial charge in [0, 0.05) is 5.56 Å². The molecule has 31 heavy (non-hydrogen) atoms. The lowest BCUT2D eigenvalue weighted by molar-refractivity contribution is 0.249. The molecule has 1 aromatic heterocycles. The maximum Gasteiger partial charge on any atom is 0.261 e. The van der Waals surface area contributed by atoms with Gasteiger partial charge in [-0.05, 0) is 39.7 Å². The van der Waals surface area contributed by atoms with Gasteiger partial charge >= 0.3 is 0 Å². The quantitative estimate of drug-likeness (QED) is 0.375. The van der Waals surface area contributed by atoms with E-state index < -0.39 is 8.32 Å². The molecule has 0 radical (unpaired) electrons. The number of hydrogen-bond donors (Lipinski definition) is 0. The normalized spacial score (nSPS) is 12.1. The van der Waals surface area contributed by atoms with Crippen LogP contribution in [0.25, 0.3) is 11.3 Å². The van der Waals surface area contributed by atoms with E-state index in [1.807, 2.05) is 12.1 Å². The van der Waals surface area contributed by atoms with Crippen molar-refractivity contribution in [3.05, 3.63) is 103 Å². The van der Waals surface area contributed by atoms with Crippen LogP contribution in [0.4, 0.5) is 4.39 Å². The molecule has 1 heterocycles. The monoisotopic (exact) mass is 431 g/mol. The summed E-state index contributed by atoms with van der Waals surface area (Å²) in [5.74, 6) is 0.826. The fourth-order valence-electron chi connectivity index (χ4n) is 4.06. The minimum atomic E-state index is -2.66. The van der Waals surface area contributed by atoms with E-state index in [2.05, 4.69) is 74.3 Å². The van der Waals surface area contributed by atoms with E-state index in [1.54, 1.807) is 18.3 Å². The second kappa shape index (κ2) is 8.61. The van der Waals surface area contributed by atoms with Crippen LogP contribution >= 0.6 is 0 Å². The van der Waals surface area contributed by atoms with E-state index in [0.29, 0.717) is 11.7 Å². The smallest absolute Gasteiger partial charge is 0.261 e. The zero-order valence-electron chi connectivity index (χ0n) is 18.0. The molecule has 0 saturated carbocycles. The molecule has 4 rings (SSSR count). The van der Waals surface area contributed by atoms with Crippen LogP contribution < -0.4 is 10.4 Å². The predicted molar refractivity (Wildman–Crippen MR) is 124 cm³/mol. The molecule has 0 aliphatic carbocycles. The Balaban J connectivity index is 1.70. The summed E-state index contributed by atoms with van der Waals surface area (Å²) in [6, 6.07) is 27.1. The number of nitrogens with zero attached hydrogens (tertiary/aromatic N) is 1. The first-order chi connectivity index (χ1) is 14.9. The van der Waals surface area contributed by atoms with Crippen LogP contribution in [0.15, 0.2) is 95.5 Å². The van der Waals surface area contributed by atoms with Crippen molar-refractivity contribution >= 4 is 18.7 Å². The van der Waals surface area contributed by atoms with Gasteiger partial charge in [0.15, 0.2) is 5.76 Å². The van der Waals surface area contributed by atoms with E-state index >= 15 is 0 Å². The standard InChI is InChI=1S/C26H26FNO2Si/c1-26(2,3)31(22-10-6-4-7-11-22,23-12-8-5-9-13-23)29-19-25-28-18-24(30-25)20-14-16-21(27)17-15-20/h4-18H,19H2,1-3H3. The third kappa shape index (κ3) is 4.24. The molecule has 4 aromatic rings. The Labute approximate surface area is 183 Å². The van der Waals surface area contributed by atoms with Gasteiger partial charge in [-0.15, -0.1) is 0 Å². The zero-order chi connectivity index (χ0) is 21.9. The van der Waals surface area contributed by atoms with Crippen molar-refractivity contribution in [2.24, 2.45) is 0 Å². The average molecular weight is 432 g/mol. The summed E-state index contributed by atoms with van der Waals surface area (Å²) < 4.78 is 26.0. The third-order valence-corrected chi connectivity index (χ3v) is 10.5. The average Bonchev–Trinajstić information content (AvgIpc) is 3.24. The van der Waals surface area contributed by atoms with Gasteiger partial charge in [-0.1, -0.05) is 81.4 Å². The molecule has 3 aromatic carbocycles. The highest BCUT2D eigenvalue weighted by molar-refractivity contribution is 6.99. The van der Waals surface area contributed by atoms with Crippen molar-refractivity contribution in [1.29, 1.82) is 0 Å². The van der Waals surface area contributed by atoms with Crippen molar-refractivity contribution in [3.8, 4) is 11.3 Å². The Morgan fingerprint density at radius 1 is 0.839 bits per heavy atom. The number of halogens is 1. The highest BCUT2D eigenvalue weighted by atomic mass is 28.4. The maximum atomic E-state index is 13.2. The van der Waals surface area contributed by atoms with Crippen LogP contribution in [-0.2, 0) is 11.0 Å². The molecule has 0 aliphatic rings. The molecule has 0 saturated heterocycles. The van der Waals surface area contributed by atoms with Crippen molar-refractivity contribution in [3.63, 3.8) is 0 Å². The topological polar surface area (TPSA) is 35.3 Å². The maximum absolute atomic E-state index is 13.2. The van der Waals surface area contributed by atoms with E-state index in [9.17, 15) is 4.39 Å². The Morgan fingerprint density at radius 3 is 1.90 bits per heavy atom. The van der Waals surface area contributed by atoms with Crippen LogP contribution in [0.2, 0.25) is 5.04 Å². The van der Waals surface area contributed by atoms with Crippen LogP contribution in [0.5, 0.6) is 0 Å². The van der Waals surface area contributed by atoms with Gasteiger partial charge in [-0.2, -0.15) is 0 Å². The summed E-state index contributed by atoms with van der Waals surface area (Å²) in [6.07, 6.45) is 1.66. The number of rotatable bonds is 6. The molecule has 3 nitrogen and oxygen atoms in total. The molecule has 5 heteroatoms. The molecule has 0 atom stereocenters. The number of oxazole rings is 1. The minimum Gasteiger partial charge on any atom is -0.438 e.